The fourth-order valence-electron chi connectivity index (χ4n) is 1.92. The maximum Gasteiger partial charge on any atom is 0.187 e. The Balaban J connectivity index is 1.85. The van der Waals surface area contributed by atoms with E-state index in [9.17, 15) is 0 Å². The van der Waals surface area contributed by atoms with Gasteiger partial charge in [0, 0.05) is 6.54 Å². The number of rotatable bonds is 6. The number of hydrogen-bond acceptors (Lipinski definition) is 4. The zero-order chi connectivity index (χ0) is 16.5. The van der Waals surface area contributed by atoms with Gasteiger partial charge in [-0.1, -0.05) is 30.3 Å². The van der Waals surface area contributed by atoms with Crippen molar-refractivity contribution in [3.05, 3.63) is 59.7 Å². The molecule has 23 heavy (non-hydrogen) atoms. The van der Waals surface area contributed by atoms with Crippen LogP contribution in [0.5, 0.6) is 11.5 Å². The molecule has 2 aromatic carbocycles. The zero-order valence-corrected chi connectivity index (χ0v) is 13.9. The van der Waals surface area contributed by atoms with E-state index in [2.05, 4.69) is 15.8 Å². The molecule has 0 fully saturated rings. The van der Waals surface area contributed by atoms with Gasteiger partial charge in [0.1, 0.15) is 0 Å². The molecular formula is C17H19N3O2S. The second kappa shape index (κ2) is 8.75. The van der Waals surface area contributed by atoms with E-state index < -0.39 is 0 Å². The molecule has 2 N–H and O–H groups in total. The Kier molecular flexibility index (Phi) is 6.38. The van der Waals surface area contributed by atoms with Gasteiger partial charge in [0.05, 0.1) is 20.4 Å². The molecule has 0 aromatic heterocycles. The molecule has 0 aliphatic carbocycles. The summed E-state index contributed by atoms with van der Waals surface area (Å²) in [7, 11) is 3.20. The van der Waals surface area contributed by atoms with Crippen LogP contribution in [0.25, 0.3) is 0 Å². The third-order valence-corrected chi connectivity index (χ3v) is 3.32. The minimum atomic E-state index is 0.463. The zero-order valence-electron chi connectivity index (χ0n) is 13.1. The molecule has 0 unspecified atom stereocenters. The van der Waals surface area contributed by atoms with Gasteiger partial charge >= 0.3 is 0 Å². The van der Waals surface area contributed by atoms with E-state index in [0.29, 0.717) is 23.2 Å². The van der Waals surface area contributed by atoms with Gasteiger partial charge in [0.2, 0.25) is 0 Å². The van der Waals surface area contributed by atoms with Crippen molar-refractivity contribution in [1.29, 1.82) is 0 Å². The molecule has 0 radical (unpaired) electrons. The highest BCUT2D eigenvalue weighted by atomic mass is 32.1. The first kappa shape index (κ1) is 16.8. The highest BCUT2D eigenvalue weighted by molar-refractivity contribution is 7.80. The average molecular weight is 329 g/mol. The van der Waals surface area contributed by atoms with Crippen LogP contribution in [0.2, 0.25) is 0 Å². The Morgan fingerprint density at radius 3 is 2.52 bits per heavy atom. The number of nitrogens with zero attached hydrogens (tertiary/aromatic N) is 1. The summed E-state index contributed by atoms with van der Waals surface area (Å²) in [5.41, 5.74) is 4.81. The number of hydrazone groups is 1. The maximum atomic E-state index is 5.25. The van der Waals surface area contributed by atoms with Crippen LogP contribution in [-0.2, 0) is 6.54 Å². The third-order valence-electron chi connectivity index (χ3n) is 3.08. The van der Waals surface area contributed by atoms with Crippen LogP contribution in [0.4, 0.5) is 0 Å². The van der Waals surface area contributed by atoms with Gasteiger partial charge in [0.15, 0.2) is 16.6 Å². The summed E-state index contributed by atoms with van der Waals surface area (Å²) >= 11 is 5.18. The van der Waals surface area contributed by atoms with Crippen LogP contribution < -0.4 is 20.2 Å². The van der Waals surface area contributed by atoms with Crippen molar-refractivity contribution in [3.63, 3.8) is 0 Å². The van der Waals surface area contributed by atoms with Gasteiger partial charge in [-0.2, -0.15) is 5.10 Å². The van der Waals surface area contributed by atoms with Gasteiger partial charge in [-0.3, -0.25) is 5.43 Å². The molecule has 0 atom stereocenters. The summed E-state index contributed by atoms with van der Waals surface area (Å²) in [5, 5.41) is 7.66. The minimum absolute atomic E-state index is 0.463. The van der Waals surface area contributed by atoms with Crippen LogP contribution in [0.1, 0.15) is 11.1 Å². The summed E-state index contributed by atoms with van der Waals surface area (Å²) in [6, 6.07) is 15.6. The topological polar surface area (TPSA) is 54.9 Å². The molecular weight excluding hydrogens is 310 g/mol. The van der Waals surface area contributed by atoms with Crippen molar-refractivity contribution in [2.75, 3.05) is 14.2 Å². The molecule has 0 amide bonds. The number of benzene rings is 2. The largest absolute Gasteiger partial charge is 0.493 e. The fraction of sp³-hybridized carbons (Fsp3) is 0.176. The molecule has 0 aliphatic rings. The molecule has 0 bridgehead atoms. The number of ether oxygens (including phenoxy) is 2. The van der Waals surface area contributed by atoms with Crippen molar-refractivity contribution in [3.8, 4) is 11.5 Å². The first-order valence-electron chi connectivity index (χ1n) is 7.06. The number of methoxy groups -OCH3 is 2. The molecule has 0 heterocycles. The van der Waals surface area contributed by atoms with E-state index in [-0.39, 0.29) is 0 Å². The van der Waals surface area contributed by atoms with Crippen LogP contribution >= 0.6 is 12.2 Å². The van der Waals surface area contributed by atoms with Crippen LogP contribution in [0, 0.1) is 0 Å². The summed E-state index contributed by atoms with van der Waals surface area (Å²) in [6.45, 7) is 0.651. The highest BCUT2D eigenvalue weighted by Gasteiger charge is 2.03. The fourth-order valence-corrected chi connectivity index (χ4v) is 2.04. The number of nitrogens with one attached hydrogen (secondary N) is 2. The molecule has 0 aliphatic heterocycles. The predicted molar refractivity (Wildman–Crippen MR) is 96.2 cm³/mol. The van der Waals surface area contributed by atoms with Crippen molar-refractivity contribution in [2.45, 2.75) is 6.54 Å². The molecule has 0 saturated heterocycles. The van der Waals surface area contributed by atoms with E-state index in [1.807, 2.05) is 48.5 Å². The number of thiocarbonyl (C=S) groups is 1. The maximum absolute atomic E-state index is 5.25. The average Bonchev–Trinajstić information content (AvgIpc) is 2.60. The lowest BCUT2D eigenvalue weighted by Gasteiger charge is -2.08. The number of hydrogen-bond donors (Lipinski definition) is 2. The third kappa shape index (κ3) is 5.27. The molecule has 2 rings (SSSR count). The summed E-state index contributed by atoms with van der Waals surface area (Å²) in [5.74, 6) is 1.33. The minimum Gasteiger partial charge on any atom is -0.493 e. The normalized spacial score (nSPS) is 10.3. The van der Waals surface area contributed by atoms with Gasteiger partial charge in [0.25, 0.3) is 0 Å². The Bertz CT molecular complexity index is 675. The first-order chi connectivity index (χ1) is 11.2. The second-order valence-corrected chi connectivity index (χ2v) is 5.06. The van der Waals surface area contributed by atoms with E-state index >= 15 is 0 Å². The molecule has 120 valence electrons. The Labute approximate surface area is 141 Å². The SMILES string of the molecule is COc1ccc(/C=N\NC(=S)NCc2ccccc2)cc1OC. The molecule has 6 heteroatoms. The van der Waals surface area contributed by atoms with Gasteiger partial charge in [-0.25, -0.2) is 0 Å². The van der Waals surface area contributed by atoms with Crippen LogP contribution in [0.3, 0.4) is 0 Å². The van der Waals surface area contributed by atoms with E-state index in [0.717, 1.165) is 11.1 Å². The molecule has 0 saturated carbocycles. The molecule has 0 spiro atoms. The standard InChI is InChI=1S/C17H19N3O2S/c1-21-15-9-8-14(10-16(15)22-2)12-19-20-17(23)18-11-13-6-4-3-5-7-13/h3-10,12H,11H2,1-2H3,(H2,18,20,23)/b19-12-. The van der Waals surface area contributed by atoms with Crippen molar-refractivity contribution < 1.29 is 9.47 Å². The lowest BCUT2D eigenvalue weighted by molar-refractivity contribution is 0.355. The Morgan fingerprint density at radius 2 is 1.83 bits per heavy atom. The summed E-state index contributed by atoms with van der Waals surface area (Å²) in [6.07, 6.45) is 1.67. The van der Waals surface area contributed by atoms with Crippen molar-refractivity contribution >= 4 is 23.5 Å². The van der Waals surface area contributed by atoms with E-state index in [1.165, 1.54) is 0 Å². The molecule has 2 aromatic rings. The second-order valence-electron chi connectivity index (χ2n) is 4.65. The Morgan fingerprint density at radius 1 is 1.09 bits per heavy atom. The van der Waals surface area contributed by atoms with Crippen molar-refractivity contribution in [2.24, 2.45) is 5.10 Å². The van der Waals surface area contributed by atoms with E-state index in [4.69, 9.17) is 21.7 Å². The van der Waals surface area contributed by atoms with Gasteiger partial charge in [-0.15, -0.1) is 0 Å². The first-order valence-corrected chi connectivity index (χ1v) is 7.46. The van der Waals surface area contributed by atoms with Crippen LogP contribution in [-0.4, -0.2) is 25.5 Å². The monoisotopic (exact) mass is 329 g/mol. The smallest absolute Gasteiger partial charge is 0.187 e. The Hall–Kier alpha value is -2.60. The molecule has 5 nitrogen and oxygen atoms in total. The van der Waals surface area contributed by atoms with Gasteiger partial charge < -0.3 is 14.8 Å². The lowest BCUT2D eigenvalue weighted by atomic mass is 10.2. The highest BCUT2D eigenvalue weighted by Crippen LogP contribution is 2.26. The van der Waals surface area contributed by atoms with Crippen molar-refractivity contribution in [1.82, 2.24) is 10.7 Å². The lowest BCUT2D eigenvalue weighted by Crippen LogP contribution is -2.31. The quantitative estimate of drug-likeness (QED) is 0.485. The van der Waals surface area contributed by atoms with Gasteiger partial charge in [-0.05, 0) is 41.5 Å². The summed E-state index contributed by atoms with van der Waals surface area (Å²) < 4.78 is 10.4. The van der Waals surface area contributed by atoms with E-state index in [1.54, 1.807) is 20.4 Å². The van der Waals surface area contributed by atoms with Crippen LogP contribution in [0.15, 0.2) is 53.6 Å². The summed E-state index contributed by atoms with van der Waals surface area (Å²) in [4.78, 5) is 0. The predicted octanol–water partition coefficient (Wildman–Crippen LogP) is 2.70.